The van der Waals surface area contributed by atoms with E-state index >= 15 is 0 Å². The molecule has 1 aromatic heterocycles. The van der Waals surface area contributed by atoms with Crippen LogP contribution in [0.2, 0.25) is 0 Å². The lowest BCUT2D eigenvalue weighted by atomic mass is 9.95. The summed E-state index contributed by atoms with van der Waals surface area (Å²) >= 11 is 1.58. The highest BCUT2D eigenvalue weighted by molar-refractivity contribution is 7.99. The molecule has 0 bridgehead atoms. The monoisotopic (exact) mass is 465 g/mol. The molecule has 0 unspecified atom stereocenters. The lowest BCUT2D eigenvalue weighted by Gasteiger charge is -2.30. The van der Waals surface area contributed by atoms with Gasteiger partial charge in [-0.3, -0.25) is 4.79 Å². The molecule has 1 saturated carbocycles. The van der Waals surface area contributed by atoms with E-state index in [-0.39, 0.29) is 5.91 Å². The van der Waals surface area contributed by atoms with Crippen LogP contribution in [-0.4, -0.2) is 46.9 Å². The predicted molar refractivity (Wildman–Crippen MR) is 131 cm³/mol. The van der Waals surface area contributed by atoms with E-state index in [4.69, 9.17) is 14.5 Å². The third kappa shape index (κ3) is 4.43. The van der Waals surface area contributed by atoms with Crippen molar-refractivity contribution >= 4 is 28.7 Å². The molecule has 1 aliphatic carbocycles. The first-order valence-electron chi connectivity index (χ1n) is 11.8. The van der Waals surface area contributed by atoms with Crippen LogP contribution in [0.5, 0.6) is 11.5 Å². The number of aromatic nitrogens is 2. The van der Waals surface area contributed by atoms with Crippen LogP contribution in [0, 0.1) is 0 Å². The third-order valence-corrected chi connectivity index (χ3v) is 7.84. The van der Waals surface area contributed by atoms with Crippen molar-refractivity contribution in [3.63, 3.8) is 0 Å². The zero-order chi connectivity index (χ0) is 22.8. The Kier molecular flexibility index (Phi) is 6.49. The summed E-state index contributed by atoms with van der Waals surface area (Å²) in [7, 11) is 3.30. The van der Waals surface area contributed by atoms with Crippen LogP contribution in [0.15, 0.2) is 41.6 Å². The number of amides is 1. The normalized spacial score (nSPS) is 16.6. The predicted octanol–water partition coefficient (Wildman–Crippen LogP) is 5.24. The molecular formula is C26H31N3O3S. The fourth-order valence-electron chi connectivity index (χ4n) is 5.13. The lowest BCUT2D eigenvalue weighted by Crippen LogP contribution is -2.37. The molecule has 6 nitrogen and oxygen atoms in total. The fraction of sp³-hybridized carbons (Fsp3) is 0.462. The molecule has 0 radical (unpaired) electrons. The Balaban J connectivity index is 1.32. The highest BCUT2D eigenvalue weighted by Gasteiger charge is 2.25. The van der Waals surface area contributed by atoms with Crippen molar-refractivity contribution in [2.24, 2.45) is 0 Å². The molecule has 174 valence electrons. The second-order valence-corrected chi connectivity index (χ2v) is 9.82. The number of para-hydroxylation sites is 2. The summed E-state index contributed by atoms with van der Waals surface area (Å²) in [5, 5.41) is 0.972. The minimum absolute atomic E-state index is 0.155. The number of carbonyl (C=O) groups is 1. The van der Waals surface area contributed by atoms with Gasteiger partial charge in [0.1, 0.15) is 0 Å². The van der Waals surface area contributed by atoms with Gasteiger partial charge in [0.25, 0.3) is 0 Å². The van der Waals surface area contributed by atoms with Gasteiger partial charge in [0.15, 0.2) is 16.7 Å². The Labute approximate surface area is 199 Å². The average molecular weight is 466 g/mol. The number of benzene rings is 2. The van der Waals surface area contributed by atoms with Crippen LogP contribution in [0.3, 0.4) is 0 Å². The van der Waals surface area contributed by atoms with E-state index < -0.39 is 0 Å². The first-order chi connectivity index (χ1) is 16.2. The van der Waals surface area contributed by atoms with Crippen LogP contribution in [0.1, 0.15) is 49.3 Å². The number of carbonyl (C=O) groups excluding carboxylic acids is 1. The number of imidazole rings is 1. The van der Waals surface area contributed by atoms with Crippen molar-refractivity contribution in [1.29, 1.82) is 0 Å². The van der Waals surface area contributed by atoms with Crippen molar-refractivity contribution in [2.45, 2.75) is 56.3 Å². The molecule has 1 fully saturated rings. The Bertz CT molecular complexity index is 1150. The van der Waals surface area contributed by atoms with Gasteiger partial charge in [-0.2, -0.15) is 0 Å². The van der Waals surface area contributed by atoms with Crippen LogP contribution in [0.4, 0.5) is 0 Å². The van der Waals surface area contributed by atoms with Gasteiger partial charge in [-0.05, 0) is 54.7 Å². The minimum Gasteiger partial charge on any atom is -0.493 e. The van der Waals surface area contributed by atoms with Crippen LogP contribution >= 0.6 is 11.8 Å². The maximum Gasteiger partial charge on any atom is 0.233 e. The van der Waals surface area contributed by atoms with E-state index in [2.05, 4.69) is 22.8 Å². The van der Waals surface area contributed by atoms with Gasteiger partial charge in [-0.15, -0.1) is 0 Å². The Morgan fingerprint density at radius 3 is 2.55 bits per heavy atom. The van der Waals surface area contributed by atoms with Crippen molar-refractivity contribution < 1.29 is 14.3 Å². The SMILES string of the molecule is COc1cc2c(cc1OC)CN(C(=O)CSc1nc3ccccc3n1C1CCCCC1)CC2. The summed E-state index contributed by atoms with van der Waals surface area (Å²) in [5.74, 6) is 2.01. The second kappa shape index (κ2) is 9.67. The van der Waals surface area contributed by atoms with Crippen molar-refractivity contribution in [2.75, 3.05) is 26.5 Å². The maximum atomic E-state index is 13.2. The molecule has 5 rings (SSSR count). The van der Waals surface area contributed by atoms with Gasteiger partial charge in [0.2, 0.25) is 5.91 Å². The fourth-order valence-corrected chi connectivity index (χ4v) is 6.11. The number of hydrogen-bond donors (Lipinski definition) is 0. The standard InChI is InChI=1S/C26H31N3O3S/c1-31-23-14-18-12-13-28(16-19(18)15-24(23)32-2)25(30)17-33-26-27-21-10-6-7-11-22(21)29(26)20-8-4-3-5-9-20/h6-7,10-11,14-15,20H,3-5,8-9,12-13,16-17H2,1-2H3. The van der Waals surface area contributed by atoms with Crippen LogP contribution in [0.25, 0.3) is 11.0 Å². The topological polar surface area (TPSA) is 56.6 Å². The quantitative estimate of drug-likeness (QED) is 0.466. The summed E-state index contributed by atoms with van der Waals surface area (Å²) in [6.07, 6.45) is 7.05. The van der Waals surface area contributed by atoms with Crippen LogP contribution in [-0.2, 0) is 17.8 Å². The largest absolute Gasteiger partial charge is 0.493 e. The molecule has 0 spiro atoms. The summed E-state index contributed by atoms with van der Waals surface area (Å²) in [4.78, 5) is 20.0. The number of nitrogens with zero attached hydrogens (tertiary/aromatic N) is 3. The summed E-state index contributed by atoms with van der Waals surface area (Å²) in [6.45, 7) is 1.33. The molecule has 0 saturated heterocycles. The number of hydrogen-bond acceptors (Lipinski definition) is 5. The summed E-state index contributed by atoms with van der Waals surface area (Å²) in [6, 6.07) is 12.9. The highest BCUT2D eigenvalue weighted by Crippen LogP contribution is 2.36. The smallest absolute Gasteiger partial charge is 0.233 e. The van der Waals surface area contributed by atoms with E-state index in [1.807, 2.05) is 23.1 Å². The summed E-state index contributed by atoms with van der Waals surface area (Å²) in [5.41, 5.74) is 4.56. The average Bonchev–Trinajstić information content (AvgIpc) is 3.25. The van der Waals surface area contributed by atoms with Gasteiger partial charge < -0.3 is 18.9 Å². The molecule has 0 atom stereocenters. The lowest BCUT2D eigenvalue weighted by molar-refractivity contribution is -0.129. The molecule has 2 aromatic carbocycles. The molecular weight excluding hydrogens is 434 g/mol. The zero-order valence-corrected chi connectivity index (χ0v) is 20.2. The number of fused-ring (bicyclic) bond motifs is 2. The first-order valence-corrected chi connectivity index (χ1v) is 12.8. The molecule has 1 amide bonds. The molecule has 2 aliphatic rings. The molecule has 2 heterocycles. The molecule has 33 heavy (non-hydrogen) atoms. The number of rotatable bonds is 6. The van der Waals surface area contributed by atoms with E-state index in [1.165, 1.54) is 43.2 Å². The van der Waals surface area contributed by atoms with E-state index in [0.717, 1.165) is 35.0 Å². The Morgan fingerprint density at radius 2 is 1.79 bits per heavy atom. The molecule has 1 aliphatic heterocycles. The van der Waals surface area contributed by atoms with Gasteiger partial charge in [-0.1, -0.05) is 43.2 Å². The van der Waals surface area contributed by atoms with Gasteiger partial charge >= 0.3 is 0 Å². The minimum atomic E-state index is 0.155. The molecule has 0 N–H and O–H groups in total. The maximum absolute atomic E-state index is 13.2. The van der Waals surface area contributed by atoms with Gasteiger partial charge in [-0.25, -0.2) is 4.98 Å². The molecule has 7 heteroatoms. The van der Waals surface area contributed by atoms with Crippen LogP contribution < -0.4 is 9.47 Å². The zero-order valence-electron chi connectivity index (χ0n) is 19.4. The van der Waals surface area contributed by atoms with E-state index in [0.29, 0.717) is 24.1 Å². The van der Waals surface area contributed by atoms with Gasteiger partial charge in [0, 0.05) is 19.1 Å². The van der Waals surface area contributed by atoms with Crippen molar-refractivity contribution in [1.82, 2.24) is 14.5 Å². The molecule has 3 aromatic rings. The first kappa shape index (κ1) is 22.1. The third-order valence-electron chi connectivity index (χ3n) is 6.90. The number of methoxy groups -OCH3 is 2. The second-order valence-electron chi connectivity index (χ2n) is 8.87. The number of thioether (sulfide) groups is 1. The summed E-state index contributed by atoms with van der Waals surface area (Å²) < 4.78 is 13.3. The number of ether oxygens (including phenoxy) is 2. The van der Waals surface area contributed by atoms with Crippen molar-refractivity contribution in [3.8, 4) is 11.5 Å². The Hall–Kier alpha value is -2.67. The Morgan fingerprint density at radius 1 is 1.06 bits per heavy atom. The van der Waals surface area contributed by atoms with E-state index in [1.54, 1.807) is 26.0 Å². The van der Waals surface area contributed by atoms with Crippen molar-refractivity contribution in [3.05, 3.63) is 47.5 Å². The van der Waals surface area contributed by atoms with Gasteiger partial charge in [0.05, 0.1) is 31.0 Å². The van der Waals surface area contributed by atoms with E-state index in [9.17, 15) is 4.79 Å². The highest BCUT2D eigenvalue weighted by atomic mass is 32.2.